The van der Waals surface area contributed by atoms with Crippen LogP contribution in [0, 0.1) is 5.82 Å². The molecular weight excluding hydrogens is 505 g/mol. The fourth-order valence-electron chi connectivity index (χ4n) is 5.43. The number of hydrogen-bond donors (Lipinski definition) is 1. The average molecular weight is 536 g/mol. The van der Waals surface area contributed by atoms with Crippen LogP contribution in [-0.2, 0) is 19.4 Å². The number of halogens is 1. The third kappa shape index (κ3) is 5.15. The number of anilines is 3. The summed E-state index contributed by atoms with van der Waals surface area (Å²) >= 11 is 0. The fraction of sp³-hybridized carbons (Fsp3) is 0.310. The van der Waals surface area contributed by atoms with E-state index in [-0.39, 0.29) is 23.4 Å². The number of para-hydroxylation sites is 1. The van der Waals surface area contributed by atoms with Gasteiger partial charge < -0.3 is 10.2 Å². The van der Waals surface area contributed by atoms with Crippen LogP contribution in [-0.4, -0.2) is 39.1 Å². The Morgan fingerprint density at radius 3 is 2.39 bits per heavy atom. The molecule has 7 nitrogen and oxygen atoms in total. The maximum atomic E-state index is 14.3. The van der Waals surface area contributed by atoms with Crippen LogP contribution in [0.15, 0.2) is 77.7 Å². The number of hydrogen-bond acceptors (Lipinski definition) is 5. The van der Waals surface area contributed by atoms with Crippen LogP contribution in [0.3, 0.4) is 0 Å². The van der Waals surface area contributed by atoms with Gasteiger partial charge in [0.15, 0.2) is 9.84 Å². The summed E-state index contributed by atoms with van der Waals surface area (Å²) in [6.07, 6.45) is 6.19. The van der Waals surface area contributed by atoms with Crippen molar-refractivity contribution < 1.29 is 22.4 Å². The smallest absolute Gasteiger partial charge is 0.255 e. The van der Waals surface area contributed by atoms with Crippen LogP contribution in [0.1, 0.15) is 43.7 Å². The Kier molecular flexibility index (Phi) is 7.21. The lowest BCUT2D eigenvalue weighted by molar-refractivity contribution is -0.124. The summed E-state index contributed by atoms with van der Waals surface area (Å²) < 4.78 is 37.8. The molecule has 1 aliphatic carbocycles. The highest BCUT2D eigenvalue weighted by Crippen LogP contribution is 2.44. The number of nitrogens with one attached hydrogen (secondary N) is 1. The largest absolute Gasteiger partial charge is 0.376 e. The topological polar surface area (TPSA) is 86.8 Å². The van der Waals surface area contributed by atoms with Gasteiger partial charge >= 0.3 is 0 Å². The average Bonchev–Trinajstić information content (AvgIpc) is 3.19. The molecular formula is C29H30FN3O4S. The molecule has 2 aliphatic rings. The van der Waals surface area contributed by atoms with Crippen molar-refractivity contribution >= 4 is 38.7 Å². The second-order valence-corrected chi connectivity index (χ2v) is 11.9. The molecule has 1 aliphatic heterocycles. The maximum absolute atomic E-state index is 14.3. The van der Waals surface area contributed by atoms with E-state index in [1.54, 1.807) is 18.2 Å². The molecule has 2 amide bonds. The van der Waals surface area contributed by atoms with Gasteiger partial charge in [-0.2, -0.15) is 0 Å². The minimum atomic E-state index is -3.35. The Morgan fingerprint density at radius 1 is 1.00 bits per heavy atom. The van der Waals surface area contributed by atoms with Crippen molar-refractivity contribution in [3.05, 3.63) is 84.2 Å². The van der Waals surface area contributed by atoms with E-state index in [0.29, 0.717) is 11.4 Å². The number of sulfone groups is 1. The summed E-state index contributed by atoms with van der Waals surface area (Å²) in [6.45, 7) is -0.176. The molecule has 9 heteroatoms. The molecule has 0 bridgehead atoms. The SMILES string of the molecule is CS(=O)(=O)c1ccc(NCC(=O)N(c2cccc(F)c2)C2C(=O)N(C3CCCCC3)c3ccccc32)cc1. The fourth-order valence-corrected chi connectivity index (χ4v) is 6.06. The van der Waals surface area contributed by atoms with Crippen molar-refractivity contribution in [3.63, 3.8) is 0 Å². The van der Waals surface area contributed by atoms with Crippen LogP contribution in [0.5, 0.6) is 0 Å². The van der Waals surface area contributed by atoms with Gasteiger partial charge in [0.05, 0.1) is 11.4 Å². The minimum absolute atomic E-state index is 0.0679. The van der Waals surface area contributed by atoms with Gasteiger partial charge in [0.1, 0.15) is 11.9 Å². The number of nitrogens with zero attached hydrogens (tertiary/aromatic N) is 2. The van der Waals surface area contributed by atoms with E-state index in [1.807, 2.05) is 29.2 Å². The second kappa shape index (κ2) is 10.6. The third-order valence-corrected chi connectivity index (χ3v) is 8.37. The molecule has 5 rings (SSSR count). The van der Waals surface area contributed by atoms with Gasteiger partial charge in [0.2, 0.25) is 5.91 Å². The minimum Gasteiger partial charge on any atom is -0.376 e. The van der Waals surface area contributed by atoms with E-state index in [4.69, 9.17) is 0 Å². The monoisotopic (exact) mass is 535 g/mol. The molecule has 1 unspecified atom stereocenters. The summed E-state index contributed by atoms with van der Waals surface area (Å²) in [6, 6.07) is 18.5. The lowest BCUT2D eigenvalue weighted by atomic mass is 9.94. The first-order valence-corrected chi connectivity index (χ1v) is 14.7. The normalized spacial score (nSPS) is 17.8. The van der Waals surface area contributed by atoms with Gasteiger partial charge in [-0.1, -0.05) is 43.5 Å². The molecule has 38 heavy (non-hydrogen) atoms. The number of benzene rings is 3. The van der Waals surface area contributed by atoms with E-state index in [2.05, 4.69) is 5.32 Å². The van der Waals surface area contributed by atoms with Crippen LogP contribution in [0.4, 0.5) is 21.5 Å². The number of carbonyl (C=O) groups is 2. The Labute approximate surface area is 222 Å². The second-order valence-electron chi connectivity index (χ2n) is 9.86. The first kappa shape index (κ1) is 25.9. The quantitative estimate of drug-likeness (QED) is 0.455. The highest BCUT2D eigenvalue weighted by Gasteiger charge is 2.45. The Morgan fingerprint density at radius 2 is 1.71 bits per heavy atom. The Bertz CT molecular complexity index is 1450. The van der Waals surface area contributed by atoms with Gasteiger partial charge in [-0.3, -0.25) is 14.5 Å². The van der Waals surface area contributed by atoms with E-state index < -0.39 is 27.6 Å². The Hall–Kier alpha value is -3.72. The van der Waals surface area contributed by atoms with E-state index in [1.165, 1.54) is 35.2 Å². The van der Waals surface area contributed by atoms with Gasteiger partial charge in [0.25, 0.3) is 5.91 Å². The molecule has 0 saturated heterocycles. The van der Waals surface area contributed by atoms with Crippen molar-refractivity contribution in [2.24, 2.45) is 0 Å². The van der Waals surface area contributed by atoms with Crippen LogP contribution in [0.25, 0.3) is 0 Å². The molecule has 0 radical (unpaired) electrons. The molecule has 198 valence electrons. The van der Waals surface area contributed by atoms with E-state index >= 15 is 0 Å². The molecule has 1 fully saturated rings. The molecule has 1 saturated carbocycles. The van der Waals surface area contributed by atoms with Crippen molar-refractivity contribution in [1.82, 2.24) is 0 Å². The summed E-state index contributed by atoms with van der Waals surface area (Å²) in [5.41, 5.74) is 2.36. The predicted octanol–water partition coefficient (Wildman–Crippen LogP) is 5.09. The van der Waals surface area contributed by atoms with Crippen molar-refractivity contribution in [3.8, 4) is 0 Å². The van der Waals surface area contributed by atoms with Gasteiger partial charge in [-0.25, -0.2) is 12.8 Å². The summed E-state index contributed by atoms with van der Waals surface area (Å²) in [5.74, 6) is -1.11. The molecule has 1 N–H and O–H groups in total. The van der Waals surface area contributed by atoms with Crippen LogP contribution in [0.2, 0.25) is 0 Å². The first-order valence-electron chi connectivity index (χ1n) is 12.8. The summed E-state index contributed by atoms with van der Waals surface area (Å²) in [5, 5.41) is 3.02. The molecule has 0 aromatic heterocycles. The third-order valence-electron chi connectivity index (χ3n) is 7.24. The van der Waals surface area contributed by atoms with Crippen molar-refractivity contribution in [2.45, 2.75) is 49.1 Å². The van der Waals surface area contributed by atoms with Crippen molar-refractivity contribution in [1.29, 1.82) is 0 Å². The van der Waals surface area contributed by atoms with Crippen LogP contribution >= 0.6 is 0 Å². The maximum Gasteiger partial charge on any atom is 0.255 e. The summed E-state index contributed by atoms with van der Waals surface area (Å²) in [7, 11) is -3.35. The van der Waals surface area contributed by atoms with E-state index in [0.717, 1.165) is 49.6 Å². The lowest BCUT2D eigenvalue weighted by Gasteiger charge is -2.33. The van der Waals surface area contributed by atoms with Gasteiger partial charge in [-0.15, -0.1) is 0 Å². The highest BCUT2D eigenvalue weighted by molar-refractivity contribution is 7.90. The summed E-state index contributed by atoms with van der Waals surface area (Å²) in [4.78, 5) is 31.2. The molecule has 1 atom stereocenters. The molecule has 1 heterocycles. The highest BCUT2D eigenvalue weighted by atomic mass is 32.2. The number of fused-ring (bicyclic) bond motifs is 1. The van der Waals surface area contributed by atoms with E-state index in [9.17, 15) is 22.4 Å². The number of amides is 2. The zero-order chi connectivity index (χ0) is 26.9. The predicted molar refractivity (Wildman–Crippen MR) is 145 cm³/mol. The van der Waals surface area contributed by atoms with Crippen LogP contribution < -0.4 is 15.1 Å². The first-order chi connectivity index (χ1) is 18.2. The van der Waals surface area contributed by atoms with Gasteiger partial charge in [-0.05, 0) is 61.4 Å². The molecule has 3 aromatic rings. The number of carbonyl (C=O) groups excluding carboxylic acids is 2. The molecule has 0 spiro atoms. The Balaban J connectivity index is 1.47. The number of rotatable bonds is 7. The lowest BCUT2D eigenvalue weighted by Crippen LogP contribution is -2.46. The standard InChI is InChI=1S/C29H30FN3O4S/c1-38(36,37)24-16-14-21(15-17-24)31-19-27(34)33(23-11-7-8-20(30)18-23)28-25-12-5-6-13-26(25)32(29(28)35)22-9-3-2-4-10-22/h5-8,11-18,22,28,31H,2-4,9-10,19H2,1H3. The zero-order valence-electron chi connectivity index (χ0n) is 21.1. The molecule has 3 aromatic carbocycles. The van der Waals surface area contributed by atoms with Gasteiger partial charge in [0, 0.05) is 34.9 Å². The van der Waals surface area contributed by atoms with Crippen molar-refractivity contribution in [2.75, 3.05) is 27.9 Å². The zero-order valence-corrected chi connectivity index (χ0v) is 22.0.